The molecule has 0 aliphatic rings. The molecule has 0 aliphatic carbocycles. The third kappa shape index (κ3) is 2.71. The van der Waals surface area contributed by atoms with Crippen LogP contribution in [-0.2, 0) is 6.54 Å². The van der Waals surface area contributed by atoms with Gasteiger partial charge in [-0.2, -0.15) is 0 Å². The van der Waals surface area contributed by atoms with E-state index in [-0.39, 0.29) is 0 Å². The van der Waals surface area contributed by atoms with Crippen LogP contribution in [0.5, 0.6) is 0 Å². The molecule has 1 aromatic rings. The average Bonchev–Trinajstić information content (AvgIpc) is 2.04. The number of rotatable bonds is 2. The van der Waals surface area contributed by atoms with Gasteiger partial charge < -0.3 is 0 Å². The minimum absolute atomic E-state index is 0.663. The Hall–Kier alpha value is -0.850. The van der Waals surface area contributed by atoms with Gasteiger partial charge in [-0.15, -0.1) is 0 Å². The van der Waals surface area contributed by atoms with Gasteiger partial charge in [0.05, 0.1) is 6.54 Å². The van der Waals surface area contributed by atoms with E-state index < -0.39 is 0 Å². The monoisotopic (exact) mass is 209 g/mol. The smallest absolute Gasteiger partial charge is 0.0734 e. The first-order valence-corrected chi connectivity index (χ1v) is 4.05. The number of benzene rings is 1. The summed E-state index contributed by atoms with van der Waals surface area (Å²) in [6, 6.07) is 8.03. The van der Waals surface area contributed by atoms with E-state index in [1.165, 1.54) is 5.56 Å². The summed E-state index contributed by atoms with van der Waals surface area (Å²) in [4.78, 5) is 3.90. The zero-order valence-electron chi connectivity index (χ0n) is 6.05. The molecule has 0 aliphatic heterocycles. The Labute approximate surface area is 74.6 Å². The third-order valence-corrected chi connectivity index (χ3v) is 1.82. The van der Waals surface area contributed by atoms with E-state index in [1.54, 1.807) is 0 Å². The van der Waals surface area contributed by atoms with Gasteiger partial charge in [0.2, 0.25) is 0 Å². The molecule has 56 valence electrons. The Morgan fingerprint density at radius 2 is 2.00 bits per heavy atom. The third-order valence-electron chi connectivity index (χ3n) is 1.29. The van der Waals surface area contributed by atoms with Crippen molar-refractivity contribution >= 4 is 21.8 Å². The Balaban J connectivity index is 2.73. The zero-order valence-corrected chi connectivity index (χ0v) is 7.63. The Morgan fingerprint density at radius 3 is 2.55 bits per heavy atom. The number of aliphatic imine (C=N–C) groups is 1. The van der Waals surface area contributed by atoms with Crippen LogP contribution in [0.4, 0.5) is 0 Å². The Kier molecular flexibility index (Phi) is 3.09. The highest BCUT2D eigenvalue weighted by Crippen LogP contribution is 2.10. The van der Waals surface area contributed by atoms with Crippen molar-refractivity contribution in [3.63, 3.8) is 0 Å². The number of halogens is 1. The van der Waals surface area contributed by atoms with Gasteiger partial charge in [0, 0.05) is 4.47 Å². The van der Waals surface area contributed by atoms with Crippen LogP contribution in [0.25, 0.3) is 0 Å². The predicted octanol–water partition coefficient (Wildman–Crippen LogP) is 2.80. The van der Waals surface area contributed by atoms with Crippen molar-refractivity contribution in [3.8, 4) is 0 Å². The second kappa shape index (κ2) is 4.12. The van der Waals surface area contributed by atoms with Crippen molar-refractivity contribution < 1.29 is 0 Å². The van der Waals surface area contributed by atoms with E-state index >= 15 is 0 Å². The van der Waals surface area contributed by atoms with Crippen LogP contribution in [0.15, 0.2) is 40.3 Å². The summed E-state index contributed by atoms with van der Waals surface area (Å²) < 4.78 is 1.09. The van der Waals surface area contributed by atoms with Gasteiger partial charge in [0.1, 0.15) is 0 Å². The molecule has 1 aromatic carbocycles. The molecule has 0 amide bonds. The van der Waals surface area contributed by atoms with Crippen LogP contribution in [0.1, 0.15) is 5.56 Å². The van der Waals surface area contributed by atoms with Crippen molar-refractivity contribution in [1.29, 1.82) is 0 Å². The summed E-state index contributed by atoms with van der Waals surface area (Å²) in [5, 5.41) is 0. The maximum atomic E-state index is 3.90. The average molecular weight is 210 g/mol. The number of hydrogen-bond donors (Lipinski definition) is 0. The summed E-state index contributed by atoms with van der Waals surface area (Å²) in [7, 11) is 0. The fourth-order valence-corrected chi connectivity index (χ4v) is 1.00. The van der Waals surface area contributed by atoms with Crippen LogP contribution in [0.2, 0.25) is 0 Å². The standard InChI is InChI=1S/C9H8BrN/c1-2-11-7-8-3-5-9(10)6-4-8/h3-6H,1,7H2. The summed E-state index contributed by atoms with van der Waals surface area (Å²) in [6.07, 6.45) is 0. The molecular formula is C9H8BrN. The van der Waals surface area contributed by atoms with Crippen LogP contribution in [-0.4, -0.2) is 5.87 Å². The van der Waals surface area contributed by atoms with E-state index in [2.05, 4.69) is 33.4 Å². The normalized spacial score (nSPS) is 8.82. The Bertz CT molecular complexity index is 270. The van der Waals surface area contributed by atoms with Crippen LogP contribution >= 0.6 is 15.9 Å². The van der Waals surface area contributed by atoms with E-state index in [0.29, 0.717) is 6.54 Å². The molecule has 0 radical (unpaired) electrons. The molecule has 0 atom stereocenters. The van der Waals surface area contributed by atoms with Gasteiger partial charge in [-0.05, 0) is 30.1 Å². The van der Waals surface area contributed by atoms with Gasteiger partial charge in [-0.25, -0.2) is 4.99 Å². The highest BCUT2D eigenvalue weighted by atomic mass is 79.9. The topological polar surface area (TPSA) is 12.4 Å². The SMILES string of the molecule is C=C=NCc1ccc(Br)cc1. The van der Waals surface area contributed by atoms with Gasteiger partial charge >= 0.3 is 0 Å². The molecule has 0 N–H and O–H groups in total. The second-order valence-electron chi connectivity index (χ2n) is 2.10. The summed E-state index contributed by atoms with van der Waals surface area (Å²) in [5.74, 6) is 2.49. The van der Waals surface area contributed by atoms with Gasteiger partial charge in [-0.1, -0.05) is 28.1 Å². The molecule has 1 nitrogen and oxygen atoms in total. The first-order valence-electron chi connectivity index (χ1n) is 3.26. The van der Waals surface area contributed by atoms with E-state index in [9.17, 15) is 0 Å². The van der Waals surface area contributed by atoms with Crippen molar-refractivity contribution in [2.75, 3.05) is 0 Å². The summed E-state index contributed by atoms with van der Waals surface area (Å²) in [5.41, 5.74) is 1.17. The van der Waals surface area contributed by atoms with E-state index in [1.807, 2.05) is 24.3 Å². The molecule has 11 heavy (non-hydrogen) atoms. The predicted molar refractivity (Wildman–Crippen MR) is 50.9 cm³/mol. The fraction of sp³-hybridized carbons (Fsp3) is 0.111. The molecule has 1 rings (SSSR count). The lowest BCUT2D eigenvalue weighted by molar-refractivity contribution is 1.08. The molecule has 0 heterocycles. The number of hydrogen-bond acceptors (Lipinski definition) is 1. The van der Waals surface area contributed by atoms with Crippen LogP contribution in [0, 0.1) is 0 Å². The molecule has 0 spiro atoms. The lowest BCUT2D eigenvalue weighted by atomic mass is 10.2. The first-order chi connectivity index (χ1) is 5.33. The molecule has 0 fully saturated rings. The molecule has 0 aromatic heterocycles. The summed E-state index contributed by atoms with van der Waals surface area (Å²) >= 11 is 3.36. The maximum absolute atomic E-state index is 3.90. The van der Waals surface area contributed by atoms with Gasteiger partial charge in [0.15, 0.2) is 0 Å². The van der Waals surface area contributed by atoms with Crippen molar-refractivity contribution in [2.24, 2.45) is 4.99 Å². The molecule has 0 saturated carbocycles. The molecule has 0 bridgehead atoms. The second-order valence-corrected chi connectivity index (χ2v) is 3.02. The quantitative estimate of drug-likeness (QED) is 0.665. The maximum Gasteiger partial charge on any atom is 0.0734 e. The van der Waals surface area contributed by atoms with Gasteiger partial charge in [-0.3, -0.25) is 0 Å². The van der Waals surface area contributed by atoms with Gasteiger partial charge in [0.25, 0.3) is 0 Å². The van der Waals surface area contributed by atoms with Crippen molar-refractivity contribution in [1.82, 2.24) is 0 Å². The van der Waals surface area contributed by atoms with Crippen molar-refractivity contribution in [2.45, 2.75) is 6.54 Å². The lowest BCUT2D eigenvalue weighted by Crippen LogP contribution is -1.78. The highest BCUT2D eigenvalue weighted by Gasteiger charge is 1.88. The molecule has 0 saturated heterocycles. The van der Waals surface area contributed by atoms with E-state index in [0.717, 1.165) is 4.47 Å². The Morgan fingerprint density at radius 1 is 1.36 bits per heavy atom. The van der Waals surface area contributed by atoms with Crippen LogP contribution in [0.3, 0.4) is 0 Å². The number of nitrogens with zero attached hydrogens (tertiary/aromatic N) is 1. The fourth-order valence-electron chi connectivity index (χ4n) is 0.737. The van der Waals surface area contributed by atoms with Crippen LogP contribution < -0.4 is 0 Å². The van der Waals surface area contributed by atoms with E-state index in [4.69, 9.17) is 0 Å². The summed E-state index contributed by atoms with van der Waals surface area (Å²) in [6.45, 7) is 4.06. The molecule has 0 unspecified atom stereocenters. The first kappa shape index (κ1) is 8.25. The highest BCUT2D eigenvalue weighted by molar-refractivity contribution is 9.10. The lowest BCUT2D eigenvalue weighted by Gasteiger charge is -1.93. The minimum Gasteiger partial charge on any atom is -0.239 e. The zero-order chi connectivity index (χ0) is 8.10. The van der Waals surface area contributed by atoms with Crippen molar-refractivity contribution in [3.05, 3.63) is 40.9 Å². The molecule has 2 heteroatoms. The largest absolute Gasteiger partial charge is 0.239 e. The minimum atomic E-state index is 0.663. The molecular weight excluding hydrogens is 202 g/mol.